The molecular formula is C21H20F5N3O3. The second kappa shape index (κ2) is 8.64. The van der Waals surface area contributed by atoms with Crippen molar-refractivity contribution in [3.05, 3.63) is 54.5 Å². The van der Waals surface area contributed by atoms with Gasteiger partial charge in [-0.2, -0.15) is 17.6 Å². The van der Waals surface area contributed by atoms with Crippen LogP contribution in [0.25, 0.3) is 5.65 Å². The maximum atomic E-state index is 14.0. The Morgan fingerprint density at radius 2 is 1.91 bits per heavy atom. The number of halogens is 5. The van der Waals surface area contributed by atoms with Crippen LogP contribution < -0.4 is 9.64 Å². The molecule has 0 N–H and O–H groups in total. The molecule has 0 aliphatic rings. The van der Waals surface area contributed by atoms with Crippen molar-refractivity contribution in [1.29, 1.82) is 0 Å². The third kappa shape index (κ3) is 5.65. The van der Waals surface area contributed by atoms with Gasteiger partial charge >= 0.3 is 12.3 Å². The molecule has 0 bridgehead atoms. The molecular weight excluding hydrogens is 437 g/mol. The van der Waals surface area contributed by atoms with Gasteiger partial charge in [0.05, 0.1) is 18.3 Å². The van der Waals surface area contributed by atoms with Crippen molar-refractivity contribution in [3.63, 3.8) is 0 Å². The van der Waals surface area contributed by atoms with E-state index in [1.165, 1.54) is 41.2 Å². The van der Waals surface area contributed by atoms with Crippen LogP contribution >= 0.6 is 0 Å². The SMILES string of the molecule is CC(C)(C)OC(=O)N(CCC(F)(F)F)c1cc(Oc2cccc(F)c2F)cn2ccnc12. The fourth-order valence-electron chi connectivity index (χ4n) is 2.80. The first kappa shape index (κ1) is 23.3. The van der Waals surface area contributed by atoms with Gasteiger partial charge in [0.2, 0.25) is 5.82 Å². The van der Waals surface area contributed by atoms with E-state index < -0.39 is 48.2 Å². The van der Waals surface area contributed by atoms with Crippen molar-refractivity contribution in [1.82, 2.24) is 9.38 Å². The van der Waals surface area contributed by atoms with Crippen LogP contribution in [0.15, 0.2) is 42.9 Å². The minimum absolute atomic E-state index is 0.0530. The maximum Gasteiger partial charge on any atom is 0.414 e. The number of rotatable bonds is 5. The Bertz CT molecular complexity index is 1120. The first-order valence-corrected chi connectivity index (χ1v) is 9.50. The van der Waals surface area contributed by atoms with E-state index in [4.69, 9.17) is 9.47 Å². The smallest absolute Gasteiger partial charge is 0.414 e. The van der Waals surface area contributed by atoms with Crippen LogP contribution in [0.5, 0.6) is 11.5 Å². The molecule has 0 spiro atoms. The molecule has 0 aliphatic heterocycles. The van der Waals surface area contributed by atoms with Crippen LogP contribution in [0.1, 0.15) is 27.2 Å². The zero-order chi connectivity index (χ0) is 23.7. The summed E-state index contributed by atoms with van der Waals surface area (Å²) in [4.78, 5) is 17.6. The molecule has 32 heavy (non-hydrogen) atoms. The molecule has 0 fully saturated rings. The summed E-state index contributed by atoms with van der Waals surface area (Å²) >= 11 is 0. The fourth-order valence-corrected chi connectivity index (χ4v) is 2.80. The number of fused-ring (bicyclic) bond motifs is 1. The molecule has 3 aromatic rings. The van der Waals surface area contributed by atoms with E-state index in [1.807, 2.05) is 0 Å². The number of hydrogen-bond donors (Lipinski definition) is 0. The Morgan fingerprint density at radius 3 is 2.56 bits per heavy atom. The lowest BCUT2D eigenvalue weighted by Gasteiger charge is -2.28. The van der Waals surface area contributed by atoms with E-state index in [-0.39, 0.29) is 17.1 Å². The maximum absolute atomic E-state index is 14.0. The van der Waals surface area contributed by atoms with E-state index >= 15 is 0 Å². The Hall–Kier alpha value is -3.37. The second-order valence-corrected chi connectivity index (χ2v) is 7.87. The normalized spacial score (nSPS) is 12.1. The number of alkyl halides is 3. The van der Waals surface area contributed by atoms with Crippen molar-refractivity contribution in [2.75, 3.05) is 11.4 Å². The third-order valence-electron chi connectivity index (χ3n) is 4.11. The molecule has 2 aromatic heterocycles. The van der Waals surface area contributed by atoms with Gasteiger partial charge in [0.1, 0.15) is 11.4 Å². The molecule has 0 aliphatic carbocycles. The highest BCUT2D eigenvalue weighted by Gasteiger charge is 2.32. The zero-order valence-electron chi connectivity index (χ0n) is 17.4. The summed E-state index contributed by atoms with van der Waals surface area (Å²) in [6.07, 6.45) is -2.67. The third-order valence-corrected chi connectivity index (χ3v) is 4.11. The summed E-state index contributed by atoms with van der Waals surface area (Å²) < 4.78 is 78.4. The van der Waals surface area contributed by atoms with Crippen molar-refractivity contribution in [2.24, 2.45) is 0 Å². The number of nitrogens with zero attached hydrogens (tertiary/aromatic N) is 3. The number of benzene rings is 1. The summed E-state index contributed by atoms with van der Waals surface area (Å²) in [5.41, 5.74) is -0.883. The summed E-state index contributed by atoms with van der Waals surface area (Å²) in [7, 11) is 0. The van der Waals surface area contributed by atoms with E-state index in [0.29, 0.717) is 0 Å². The number of aromatic nitrogens is 2. The van der Waals surface area contributed by atoms with Gasteiger partial charge in [0, 0.05) is 25.0 Å². The van der Waals surface area contributed by atoms with Gasteiger partial charge in [-0.1, -0.05) is 6.07 Å². The van der Waals surface area contributed by atoms with Gasteiger partial charge in [0.25, 0.3) is 0 Å². The second-order valence-electron chi connectivity index (χ2n) is 7.87. The van der Waals surface area contributed by atoms with Crippen LogP contribution in [-0.4, -0.2) is 33.8 Å². The molecule has 172 valence electrons. The number of hydrogen-bond acceptors (Lipinski definition) is 4. The predicted molar refractivity (Wildman–Crippen MR) is 106 cm³/mol. The zero-order valence-corrected chi connectivity index (χ0v) is 17.4. The molecule has 2 heterocycles. The molecule has 3 rings (SSSR count). The van der Waals surface area contributed by atoms with E-state index in [9.17, 15) is 26.7 Å². The molecule has 0 saturated heterocycles. The molecule has 0 radical (unpaired) electrons. The molecule has 6 nitrogen and oxygen atoms in total. The Labute approximate surface area is 180 Å². The van der Waals surface area contributed by atoms with Crippen molar-refractivity contribution >= 4 is 17.4 Å². The van der Waals surface area contributed by atoms with Crippen LogP contribution in [0.3, 0.4) is 0 Å². The van der Waals surface area contributed by atoms with Gasteiger partial charge in [0.15, 0.2) is 17.2 Å². The number of carbonyl (C=O) groups excluding carboxylic acids is 1. The minimum Gasteiger partial charge on any atom is -0.453 e. The van der Waals surface area contributed by atoms with E-state index in [2.05, 4.69) is 4.98 Å². The van der Waals surface area contributed by atoms with Crippen LogP contribution in [-0.2, 0) is 4.74 Å². The molecule has 1 amide bonds. The molecule has 0 atom stereocenters. The summed E-state index contributed by atoms with van der Waals surface area (Å²) in [6.45, 7) is 3.97. The fraction of sp³-hybridized carbons (Fsp3) is 0.333. The summed E-state index contributed by atoms with van der Waals surface area (Å²) in [5, 5.41) is 0. The van der Waals surface area contributed by atoms with E-state index in [1.54, 1.807) is 20.8 Å². The number of pyridine rings is 1. The number of amides is 1. The monoisotopic (exact) mass is 457 g/mol. The highest BCUT2D eigenvalue weighted by molar-refractivity contribution is 5.92. The Morgan fingerprint density at radius 1 is 1.19 bits per heavy atom. The van der Waals surface area contributed by atoms with E-state index in [0.717, 1.165) is 11.0 Å². The summed E-state index contributed by atoms with van der Waals surface area (Å²) in [6, 6.07) is 4.55. The van der Waals surface area contributed by atoms with Crippen molar-refractivity contribution in [3.8, 4) is 11.5 Å². The van der Waals surface area contributed by atoms with Gasteiger partial charge in [-0.05, 0) is 32.9 Å². The number of anilines is 1. The Balaban J connectivity index is 2.06. The molecule has 0 unspecified atom stereocenters. The first-order chi connectivity index (χ1) is 14.8. The van der Waals surface area contributed by atoms with Crippen molar-refractivity contribution in [2.45, 2.75) is 39.0 Å². The molecule has 11 heteroatoms. The Kier molecular flexibility index (Phi) is 6.29. The molecule has 0 saturated carbocycles. The topological polar surface area (TPSA) is 56.1 Å². The van der Waals surface area contributed by atoms with Gasteiger partial charge in [-0.15, -0.1) is 0 Å². The molecule has 1 aromatic carbocycles. The lowest BCUT2D eigenvalue weighted by atomic mass is 10.2. The highest BCUT2D eigenvalue weighted by atomic mass is 19.4. The first-order valence-electron chi connectivity index (χ1n) is 9.50. The van der Waals surface area contributed by atoms with Gasteiger partial charge in [-0.25, -0.2) is 14.2 Å². The van der Waals surface area contributed by atoms with Crippen LogP contribution in [0.4, 0.5) is 32.4 Å². The highest BCUT2D eigenvalue weighted by Crippen LogP contribution is 2.33. The standard InChI is InChI=1S/C21H20F5N3O3/c1-20(2,3)32-19(30)29(9-7-21(24,25)26)15-11-13(12-28-10-8-27-18(15)28)31-16-6-4-5-14(22)17(16)23/h4-6,8,10-12H,7,9H2,1-3H3. The number of carbonyl (C=O) groups is 1. The van der Waals surface area contributed by atoms with Gasteiger partial charge in [-0.3, -0.25) is 4.90 Å². The summed E-state index contributed by atoms with van der Waals surface area (Å²) in [5.74, 6) is -2.86. The minimum atomic E-state index is -4.54. The van der Waals surface area contributed by atoms with Crippen LogP contribution in [0.2, 0.25) is 0 Å². The predicted octanol–water partition coefficient (Wildman–Crippen LogP) is 6.10. The number of ether oxygens (including phenoxy) is 2. The van der Waals surface area contributed by atoms with Gasteiger partial charge < -0.3 is 13.9 Å². The average molecular weight is 457 g/mol. The number of imidazole rings is 1. The average Bonchev–Trinajstić information content (AvgIpc) is 3.12. The quantitative estimate of drug-likeness (QED) is 0.435. The lowest BCUT2D eigenvalue weighted by molar-refractivity contribution is -0.132. The van der Waals surface area contributed by atoms with Crippen molar-refractivity contribution < 1.29 is 36.2 Å². The largest absolute Gasteiger partial charge is 0.453 e. The lowest BCUT2D eigenvalue weighted by Crippen LogP contribution is -2.39. The van der Waals surface area contributed by atoms with Crippen LogP contribution in [0, 0.1) is 11.6 Å².